The predicted octanol–water partition coefficient (Wildman–Crippen LogP) is 1.72. The number of alkyl halides is 1. The van der Waals surface area contributed by atoms with Crippen molar-refractivity contribution in [3.8, 4) is 0 Å². The molecule has 11 heteroatoms. The van der Waals surface area contributed by atoms with E-state index < -0.39 is 39.5 Å². The zero-order valence-electron chi connectivity index (χ0n) is 16.3. The molecule has 166 valence electrons. The van der Waals surface area contributed by atoms with Gasteiger partial charge in [-0.25, -0.2) is 17.2 Å². The van der Waals surface area contributed by atoms with Crippen LogP contribution in [0.3, 0.4) is 0 Å². The molecule has 1 aliphatic heterocycles. The van der Waals surface area contributed by atoms with Gasteiger partial charge in [-0.3, -0.25) is 9.59 Å². The minimum atomic E-state index is -4.13. The first kappa shape index (κ1) is 23.1. The number of halogens is 3. The van der Waals surface area contributed by atoms with E-state index in [1.54, 1.807) is 0 Å². The van der Waals surface area contributed by atoms with Crippen LogP contribution < -0.4 is 5.32 Å². The van der Waals surface area contributed by atoms with E-state index in [0.29, 0.717) is 5.56 Å². The molecule has 1 N–H and O–H groups in total. The quantitative estimate of drug-likeness (QED) is 0.650. The van der Waals surface area contributed by atoms with E-state index in [4.69, 9.17) is 11.6 Å². The number of piperazine rings is 1. The summed E-state index contributed by atoms with van der Waals surface area (Å²) in [6.45, 7) is -0.199. The Bertz CT molecular complexity index is 1050. The number of amides is 2. The average Bonchev–Trinajstić information content (AvgIpc) is 2.77. The Morgan fingerprint density at radius 1 is 1.00 bits per heavy atom. The van der Waals surface area contributed by atoms with Crippen molar-refractivity contribution in [2.75, 3.05) is 25.5 Å². The number of rotatable bonds is 6. The molecule has 3 rings (SSSR count). The Balaban J connectivity index is 1.84. The highest BCUT2D eigenvalue weighted by molar-refractivity contribution is 7.89. The molecular weight excluding hydrogens is 452 g/mol. The number of nitrogens with zero attached hydrogens (tertiary/aromatic N) is 2. The third-order valence-corrected chi connectivity index (χ3v) is 7.05. The molecule has 2 aromatic carbocycles. The van der Waals surface area contributed by atoms with Gasteiger partial charge in [0, 0.05) is 26.2 Å². The van der Waals surface area contributed by atoms with Gasteiger partial charge in [-0.15, -0.1) is 11.6 Å². The molecule has 0 aromatic heterocycles. The van der Waals surface area contributed by atoms with Gasteiger partial charge < -0.3 is 10.2 Å². The minimum Gasteiger partial charge on any atom is -0.351 e. The highest BCUT2D eigenvalue weighted by Gasteiger charge is 2.41. The van der Waals surface area contributed by atoms with Crippen LogP contribution in [0.5, 0.6) is 0 Å². The maximum absolute atomic E-state index is 13.2. The van der Waals surface area contributed by atoms with Gasteiger partial charge in [-0.2, -0.15) is 4.31 Å². The van der Waals surface area contributed by atoms with Crippen LogP contribution in [-0.4, -0.2) is 61.0 Å². The number of carbonyl (C=O) groups is 2. The normalized spacial score (nSPS) is 17.4. The van der Waals surface area contributed by atoms with Gasteiger partial charge >= 0.3 is 0 Å². The first-order valence-electron chi connectivity index (χ1n) is 9.35. The van der Waals surface area contributed by atoms with Gasteiger partial charge in [-0.05, 0) is 42.0 Å². The second kappa shape index (κ2) is 9.71. The van der Waals surface area contributed by atoms with Gasteiger partial charge in [0.1, 0.15) is 23.6 Å². The van der Waals surface area contributed by atoms with Crippen molar-refractivity contribution in [1.29, 1.82) is 0 Å². The summed E-state index contributed by atoms with van der Waals surface area (Å²) in [6.07, 6.45) is 0. The summed E-state index contributed by atoms with van der Waals surface area (Å²) in [7, 11) is -4.13. The van der Waals surface area contributed by atoms with Crippen LogP contribution in [0.2, 0.25) is 0 Å². The second-order valence-electron chi connectivity index (χ2n) is 6.90. The van der Waals surface area contributed by atoms with E-state index in [2.05, 4.69) is 5.32 Å². The summed E-state index contributed by atoms with van der Waals surface area (Å²) in [4.78, 5) is 26.1. The summed E-state index contributed by atoms with van der Waals surface area (Å²) in [5.41, 5.74) is 0.618. The fourth-order valence-corrected chi connectivity index (χ4v) is 4.97. The lowest BCUT2D eigenvalue weighted by Crippen LogP contribution is -2.61. The molecule has 7 nitrogen and oxygen atoms in total. The Morgan fingerprint density at radius 3 is 2.16 bits per heavy atom. The first-order chi connectivity index (χ1) is 14.7. The summed E-state index contributed by atoms with van der Waals surface area (Å²) >= 11 is 5.61. The van der Waals surface area contributed by atoms with Gasteiger partial charge in [0.15, 0.2) is 0 Å². The van der Waals surface area contributed by atoms with Crippen molar-refractivity contribution >= 4 is 33.4 Å². The van der Waals surface area contributed by atoms with Crippen molar-refractivity contribution in [2.24, 2.45) is 0 Å². The molecule has 0 unspecified atom stereocenters. The Morgan fingerprint density at radius 2 is 1.58 bits per heavy atom. The zero-order valence-corrected chi connectivity index (χ0v) is 17.9. The molecule has 31 heavy (non-hydrogen) atoms. The second-order valence-corrected chi connectivity index (χ2v) is 9.06. The number of carbonyl (C=O) groups excluding carboxylic acids is 2. The van der Waals surface area contributed by atoms with Crippen molar-refractivity contribution in [2.45, 2.75) is 17.5 Å². The van der Waals surface area contributed by atoms with Crippen molar-refractivity contribution < 1.29 is 26.8 Å². The molecule has 0 bridgehead atoms. The summed E-state index contributed by atoms with van der Waals surface area (Å²) < 4.78 is 53.5. The van der Waals surface area contributed by atoms with Gasteiger partial charge in [0.2, 0.25) is 21.8 Å². The van der Waals surface area contributed by atoms with Crippen molar-refractivity contribution in [1.82, 2.24) is 14.5 Å². The monoisotopic (exact) mass is 471 g/mol. The number of sulfonamides is 1. The molecule has 1 aliphatic rings. The maximum Gasteiger partial charge on any atom is 0.243 e. The Hall–Kier alpha value is -2.56. The van der Waals surface area contributed by atoms with Crippen LogP contribution in [0.1, 0.15) is 5.56 Å². The smallest absolute Gasteiger partial charge is 0.243 e. The highest BCUT2D eigenvalue weighted by atomic mass is 35.5. The van der Waals surface area contributed by atoms with Crippen molar-refractivity contribution in [3.05, 3.63) is 65.7 Å². The van der Waals surface area contributed by atoms with Crippen molar-refractivity contribution in [3.63, 3.8) is 0 Å². The summed E-state index contributed by atoms with van der Waals surface area (Å²) in [5, 5.41) is 2.63. The average molecular weight is 472 g/mol. The van der Waals surface area contributed by atoms with E-state index >= 15 is 0 Å². The number of benzene rings is 2. The molecule has 2 amide bonds. The van der Waals surface area contributed by atoms with E-state index in [9.17, 15) is 26.8 Å². The Labute approximate surface area is 183 Å². The van der Waals surface area contributed by atoms with E-state index in [1.807, 2.05) is 0 Å². The van der Waals surface area contributed by atoms with Crippen LogP contribution in [0.25, 0.3) is 0 Å². The molecule has 1 saturated heterocycles. The summed E-state index contributed by atoms with van der Waals surface area (Å²) in [6, 6.07) is 8.54. The predicted molar refractivity (Wildman–Crippen MR) is 110 cm³/mol. The SMILES string of the molecule is O=C(NCc1ccc(F)cc1)[C@@H]1CN(C(=O)CCl)CCN1S(=O)(=O)c1ccc(F)cc1. The maximum atomic E-state index is 13.2. The lowest BCUT2D eigenvalue weighted by molar-refractivity contribution is -0.134. The van der Waals surface area contributed by atoms with Gasteiger partial charge in [-0.1, -0.05) is 12.1 Å². The lowest BCUT2D eigenvalue weighted by Gasteiger charge is -2.39. The lowest BCUT2D eigenvalue weighted by atomic mass is 10.1. The molecule has 0 radical (unpaired) electrons. The number of hydrogen-bond donors (Lipinski definition) is 1. The van der Waals surface area contributed by atoms with E-state index in [-0.39, 0.29) is 37.0 Å². The number of nitrogens with one attached hydrogen (secondary N) is 1. The molecule has 2 aromatic rings. The standard InChI is InChI=1S/C20H20ClF2N3O4S/c21-11-19(27)25-9-10-26(31(29,30)17-7-5-16(23)6-8-17)18(13-25)20(28)24-12-14-1-3-15(22)4-2-14/h1-8,18H,9-13H2,(H,24,28)/t18-/m0/s1. The molecule has 0 aliphatic carbocycles. The third-order valence-electron chi connectivity index (χ3n) is 4.90. The molecule has 0 saturated carbocycles. The first-order valence-corrected chi connectivity index (χ1v) is 11.3. The largest absolute Gasteiger partial charge is 0.351 e. The fourth-order valence-electron chi connectivity index (χ4n) is 3.23. The highest BCUT2D eigenvalue weighted by Crippen LogP contribution is 2.22. The van der Waals surface area contributed by atoms with E-state index in [1.165, 1.54) is 29.2 Å². The molecular formula is C20H20ClF2N3O4S. The van der Waals surface area contributed by atoms with Crippen LogP contribution in [0, 0.1) is 11.6 Å². The topological polar surface area (TPSA) is 86.8 Å². The van der Waals surface area contributed by atoms with E-state index in [0.717, 1.165) is 28.6 Å². The van der Waals surface area contributed by atoms with Crippen LogP contribution in [0.15, 0.2) is 53.4 Å². The Kier molecular flexibility index (Phi) is 7.24. The molecule has 1 heterocycles. The minimum absolute atomic E-state index is 0.0451. The van der Waals surface area contributed by atoms with Crippen LogP contribution in [0.4, 0.5) is 8.78 Å². The van der Waals surface area contributed by atoms with Gasteiger partial charge in [0.05, 0.1) is 4.90 Å². The van der Waals surface area contributed by atoms with Crippen LogP contribution in [-0.2, 0) is 26.2 Å². The van der Waals surface area contributed by atoms with Crippen LogP contribution >= 0.6 is 11.6 Å². The molecule has 0 spiro atoms. The fraction of sp³-hybridized carbons (Fsp3) is 0.300. The molecule has 1 fully saturated rings. The number of hydrogen-bond acceptors (Lipinski definition) is 4. The summed E-state index contributed by atoms with van der Waals surface area (Å²) in [5.74, 6) is -2.35. The third kappa shape index (κ3) is 5.38. The molecule has 1 atom stereocenters. The van der Waals surface area contributed by atoms with Gasteiger partial charge in [0.25, 0.3) is 0 Å². The zero-order chi connectivity index (χ0) is 22.6.